The van der Waals surface area contributed by atoms with Gasteiger partial charge in [0.05, 0.1) is 0 Å². The highest BCUT2D eigenvalue weighted by atomic mass is 35.5. The fraction of sp³-hybridized carbons (Fsp3) is 0.333. The Hall–Kier alpha value is -3.22. The third-order valence-corrected chi connectivity index (χ3v) is 9.05. The highest BCUT2D eigenvalue weighted by molar-refractivity contribution is 8.01. The topological polar surface area (TPSA) is 168 Å². The smallest absolute Gasteiger partial charge is 0.405 e. The van der Waals surface area contributed by atoms with Gasteiger partial charge in [0.1, 0.15) is 29.7 Å². The fourth-order valence-corrected chi connectivity index (χ4v) is 7.01. The number of thioether (sulfide) groups is 2. The molecule has 4 amide bonds. The number of thiophene rings is 1. The predicted molar refractivity (Wildman–Crippen MR) is 138 cm³/mol. The standard InChI is InChI=1S/C21H18ClF3N6O6S3/c22-11-3-4-12(31(37)29-11)39-6-9-7-40-18-14(17(33)30(18)15(9)19(34)35)27-16(32)13(10-2-1-5-38-10)28-20(36)26-8-21(23,24)25/h1-5,13-14,18H,6-8H2,(H,27,32)(H,34,35)(H2,26,28,36)/t13?,14-,18?/m1/s1. The van der Waals surface area contributed by atoms with Crippen LogP contribution in [0, 0.1) is 5.21 Å². The van der Waals surface area contributed by atoms with Crippen LogP contribution in [0.5, 0.6) is 0 Å². The van der Waals surface area contributed by atoms with Crippen molar-refractivity contribution in [2.75, 3.05) is 18.1 Å². The maximum atomic E-state index is 13.1. The number of β-lactam (4-membered cyclic amide) rings is 1. The lowest BCUT2D eigenvalue weighted by Gasteiger charge is -2.49. The second-order valence-corrected chi connectivity index (χ2v) is 11.7. The summed E-state index contributed by atoms with van der Waals surface area (Å²) in [5.41, 5.74) is 0.0943. The molecule has 1 fully saturated rings. The van der Waals surface area contributed by atoms with Crippen LogP contribution in [-0.2, 0) is 14.4 Å². The normalized spacial score (nSPS) is 19.4. The zero-order chi connectivity index (χ0) is 29.2. The van der Waals surface area contributed by atoms with Gasteiger partial charge in [0.15, 0.2) is 5.15 Å². The number of carbonyl (C=O) groups excluding carboxylic acids is 3. The van der Waals surface area contributed by atoms with Crippen LogP contribution >= 0.6 is 46.5 Å². The number of nitrogens with zero attached hydrogens (tertiary/aromatic N) is 3. The summed E-state index contributed by atoms with van der Waals surface area (Å²) in [6, 6.07) is 2.09. The van der Waals surface area contributed by atoms with Crippen LogP contribution in [0.25, 0.3) is 0 Å². The Balaban J connectivity index is 1.45. The van der Waals surface area contributed by atoms with Crippen molar-refractivity contribution in [3.05, 3.63) is 56.2 Å². The molecule has 0 bridgehead atoms. The van der Waals surface area contributed by atoms with Crippen molar-refractivity contribution in [3.63, 3.8) is 0 Å². The summed E-state index contributed by atoms with van der Waals surface area (Å²) in [5, 5.41) is 32.5. The number of carbonyl (C=O) groups is 4. The van der Waals surface area contributed by atoms with E-state index in [1.54, 1.807) is 16.8 Å². The second kappa shape index (κ2) is 12.1. The van der Waals surface area contributed by atoms with Gasteiger partial charge >= 0.3 is 18.2 Å². The number of hydrogen-bond donors (Lipinski definition) is 4. The number of fused-ring (bicyclic) bond motifs is 1. The van der Waals surface area contributed by atoms with Crippen LogP contribution in [0.1, 0.15) is 10.9 Å². The molecule has 0 aromatic carbocycles. The number of rotatable bonds is 9. The number of carboxylic acid groups (broad SMARTS) is 1. The Labute approximate surface area is 240 Å². The molecule has 1 saturated heterocycles. The Kier molecular flexibility index (Phi) is 9.01. The largest absolute Gasteiger partial charge is 0.593 e. The molecule has 19 heteroatoms. The number of carboxylic acids is 1. The first-order valence-electron chi connectivity index (χ1n) is 11.1. The summed E-state index contributed by atoms with van der Waals surface area (Å²) in [7, 11) is 0. The molecule has 4 rings (SSSR count). The minimum absolute atomic E-state index is 0.0152. The maximum absolute atomic E-state index is 13.1. The van der Waals surface area contributed by atoms with Gasteiger partial charge < -0.3 is 26.3 Å². The predicted octanol–water partition coefficient (Wildman–Crippen LogP) is 1.86. The lowest BCUT2D eigenvalue weighted by atomic mass is 10.0. The quantitative estimate of drug-likeness (QED) is 0.139. The van der Waals surface area contributed by atoms with E-state index in [0.29, 0.717) is 15.3 Å². The number of alkyl halides is 3. The van der Waals surface area contributed by atoms with E-state index in [1.165, 1.54) is 30.0 Å². The highest BCUT2D eigenvalue weighted by Crippen LogP contribution is 2.41. The van der Waals surface area contributed by atoms with E-state index in [4.69, 9.17) is 11.6 Å². The molecule has 0 saturated carbocycles. The molecule has 214 valence electrons. The average molecular weight is 639 g/mol. The Morgan fingerprint density at radius 3 is 2.70 bits per heavy atom. The first-order chi connectivity index (χ1) is 18.9. The minimum atomic E-state index is -4.66. The van der Waals surface area contributed by atoms with Gasteiger partial charge in [-0.2, -0.15) is 13.2 Å². The van der Waals surface area contributed by atoms with Crippen molar-refractivity contribution in [2.24, 2.45) is 0 Å². The number of aliphatic carboxylic acids is 1. The zero-order valence-corrected chi connectivity index (χ0v) is 23.0. The molecule has 2 aromatic heterocycles. The lowest BCUT2D eigenvalue weighted by molar-refractivity contribution is -0.706. The van der Waals surface area contributed by atoms with Gasteiger partial charge in [-0.25, -0.2) is 9.59 Å². The van der Waals surface area contributed by atoms with Crippen molar-refractivity contribution in [2.45, 2.75) is 28.7 Å². The molecule has 0 radical (unpaired) electrons. The van der Waals surface area contributed by atoms with E-state index in [9.17, 15) is 42.7 Å². The molecule has 12 nitrogen and oxygen atoms in total. The van der Waals surface area contributed by atoms with Crippen molar-refractivity contribution in [1.29, 1.82) is 0 Å². The first kappa shape index (κ1) is 29.8. The summed E-state index contributed by atoms with van der Waals surface area (Å²) in [6.07, 6.45) is -4.66. The van der Waals surface area contributed by atoms with E-state index < -0.39 is 54.0 Å². The van der Waals surface area contributed by atoms with Crippen LogP contribution in [0.15, 0.2) is 45.9 Å². The molecule has 2 aliphatic heterocycles. The van der Waals surface area contributed by atoms with Crippen molar-refractivity contribution >= 4 is 70.3 Å². The number of hydrogen-bond acceptors (Lipinski definition) is 9. The van der Waals surface area contributed by atoms with Gasteiger partial charge in [0.25, 0.3) is 10.9 Å². The van der Waals surface area contributed by atoms with Gasteiger partial charge in [0.2, 0.25) is 5.91 Å². The third-order valence-electron chi connectivity index (χ3n) is 5.49. The van der Waals surface area contributed by atoms with Gasteiger partial charge in [0, 0.05) is 27.5 Å². The van der Waals surface area contributed by atoms with Crippen LogP contribution < -0.4 is 20.8 Å². The zero-order valence-electron chi connectivity index (χ0n) is 19.8. The molecular weight excluding hydrogens is 621 g/mol. The molecule has 2 unspecified atom stereocenters. The molecule has 2 aromatic rings. The van der Waals surface area contributed by atoms with Crippen LogP contribution in [0.4, 0.5) is 18.0 Å². The first-order valence-corrected chi connectivity index (χ1v) is 14.4. The number of amides is 4. The molecule has 40 heavy (non-hydrogen) atoms. The molecule has 0 spiro atoms. The van der Waals surface area contributed by atoms with E-state index >= 15 is 0 Å². The van der Waals surface area contributed by atoms with Gasteiger partial charge in [-0.05, 0) is 39.7 Å². The van der Waals surface area contributed by atoms with Crippen molar-refractivity contribution in [1.82, 2.24) is 25.9 Å². The summed E-state index contributed by atoms with van der Waals surface area (Å²) in [4.78, 5) is 51.8. The molecular formula is C21H18ClF3N6O6S3. The summed E-state index contributed by atoms with van der Waals surface area (Å²) >= 11 is 8.93. The van der Waals surface area contributed by atoms with Gasteiger partial charge in [-0.3, -0.25) is 14.5 Å². The average Bonchev–Trinajstić information content (AvgIpc) is 3.42. The summed E-state index contributed by atoms with van der Waals surface area (Å²) in [5.74, 6) is -2.72. The van der Waals surface area contributed by atoms with Gasteiger partial charge in [-0.15, -0.1) is 23.1 Å². The molecule has 4 N–H and O–H groups in total. The highest BCUT2D eigenvalue weighted by Gasteiger charge is 2.54. The third kappa shape index (κ3) is 6.73. The van der Waals surface area contributed by atoms with Crippen LogP contribution in [0.2, 0.25) is 5.15 Å². The lowest BCUT2D eigenvalue weighted by Crippen LogP contribution is -2.71. The summed E-state index contributed by atoms with van der Waals surface area (Å²) in [6.45, 7) is -1.61. The van der Waals surface area contributed by atoms with E-state index in [0.717, 1.165) is 28.0 Å². The second-order valence-electron chi connectivity index (χ2n) is 8.20. The Bertz CT molecular complexity index is 1360. The molecule has 0 aliphatic carbocycles. The molecule has 2 aliphatic rings. The number of halogens is 4. The van der Waals surface area contributed by atoms with E-state index in [1.807, 2.05) is 0 Å². The van der Waals surface area contributed by atoms with E-state index in [-0.39, 0.29) is 27.4 Å². The summed E-state index contributed by atoms with van der Waals surface area (Å²) < 4.78 is 37.4. The number of aromatic nitrogens is 2. The van der Waals surface area contributed by atoms with Crippen LogP contribution in [0.3, 0.4) is 0 Å². The fourth-order valence-electron chi connectivity index (χ4n) is 3.75. The van der Waals surface area contributed by atoms with Gasteiger partial charge in [-0.1, -0.05) is 17.7 Å². The number of urea groups is 1. The van der Waals surface area contributed by atoms with Crippen LogP contribution in [-0.4, -0.2) is 74.6 Å². The molecule has 4 heterocycles. The molecule has 3 atom stereocenters. The minimum Gasteiger partial charge on any atom is -0.593 e. The Morgan fingerprint density at radius 2 is 2.08 bits per heavy atom. The van der Waals surface area contributed by atoms with E-state index in [2.05, 4.69) is 15.7 Å². The maximum Gasteiger partial charge on any atom is 0.405 e. The monoisotopic (exact) mass is 638 g/mol. The van der Waals surface area contributed by atoms with Crippen molar-refractivity contribution < 1.29 is 42.3 Å². The Morgan fingerprint density at radius 1 is 1.32 bits per heavy atom. The SMILES string of the molecule is O=C(NCC(F)(F)F)NC(C(=O)N[C@@H]1C(=O)N2C(C(=O)O)=C(CSc3ccc(Cl)n[n+]3[O-])CSC12)c1cccs1. The van der Waals surface area contributed by atoms with Crippen molar-refractivity contribution in [3.8, 4) is 0 Å². The number of nitrogens with one attached hydrogen (secondary N) is 3.